The lowest BCUT2D eigenvalue weighted by Crippen LogP contribution is -2.36. The average Bonchev–Trinajstić information content (AvgIpc) is 2.88. The van der Waals surface area contributed by atoms with Crippen molar-refractivity contribution in [3.8, 4) is 0 Å². The minimum atomic E-state index is -0.258. The molecule has 2 heterocycles. The van der Waals surface area contributed by atoms with E-state index in [1.165, 1.54) is 12.3 Å². The molecule has 1 aromatic heterocycles. The molecular weight excluding hydrogens is 325 g/mol. The summed E-state index contributed by atoms with van der Waals surface area (Å²) in [5.74, 6) is -0.366. The minimum absolute atomic E-state index is 0.108. The van der Waals surface area contributed by atoms with E-state index in [9.17, 15) is 9.18 Å². The number of aromatic nitrogens is 2. The lowest BCUT2D eigenvalue weighted by Gasteiger charge is -2.29. The van der Waals surface area contributed by atoms with Gasteiger partial charge in [0, 0.05) is 36.4 Å². The second-order valence-electron chi connectivity index (χ2n) is 4.87. The topological polar surface area (TPSA) is 38.1 Å². The number of hydrogen-bond donors (Lipinski definition) is 0. The maximum Gasteiger partial charge on any atom is 0.257 e. The molecule has 0 saturated carbocycles. The number of carbonyl (C=O) groups excluding carboxylic acids is 1. The molecule has 6 heteroatoms. The summed E-state index contributed by atoms with van der Waals surface area (Å²) in [6, 6.07) is 3.15. The van der Waals surface area contributed by atoms with Gasteiger partial charge in [0.1, 0.15) is 5.82 Å². The fourth-order valence-corrected chi connectivity index (χ4v) is 3.05. The molecule has 0 aliphatic carbocycles. The van der Waals surface area contributed by atoms with E-state index in [2.05, 4.69) is 21.0 Å². The van der Waals surface area contributed by atoms with Gasteiger partial charge in [0.2, 0.25) is 0 Å². The molecule has 1 amide bonds. The SMILES string of the molecule is Cn1cc(C(=O)N2CCc3c(Br)ccc(F)c3C2)cn1. The standard InChI is InChI=1S/C14H13BrFN3O/c1-18-7-9(6-17-18)14(20)19-5-4-10-11(8-19)13(16)3-2-12(10)15/h2-3,6-7H,4-5,8H2,1H3. The number of amides is 1. The van der Waals surface area contributed by atoms with Crippen LogP contribution in [0.4, 0.5) is 4.39 Å². The van der Waals surface area contributed by atoms with Crippen molar-refractivity contribution in [3.05, 3.63) is 51.5 Å². The van der Waals surface area contributed by atoms with Crippen LogP contribution in [0.15, 0.2) is 29.0 Å². The number of rotatable bonds is 1. The molecule has 4 nitrogen and oxygen atoms in total. The largest absolute Gasteiger partial charge is 0.334 e. The number of nitrogens with zero attached hydrogens (tertiary/aromatic N) is 3. The van der Waals surface area contributed by atoms with Crippen molar-refractivity contribution in [2.24, 2.45) is 7.05 Å². The van der Waals surface area contributed by atoms with Gasteiger partial charge < -0.3 is 4.90 Å². The van der Waals surface area contributed by atoms with Crippen LogP contribution in [0, 0.1) is 5.82 Å². The van der Waals surface area contributed by atoms with E-state index in [1.54, 1.807) is 28.9 Å². The van der Waals surface area contributed by atoms with Gasteiger partial charge >= 0.3 is 0 Å². The summed E-state index contributed by atoms with van der Waals surface area (Å²) in [4.78, 5) is 14.0. The van der Waals surface area contributed by atoms with E-state index in [-0.39, 0.29) is 11.7 Å². The summed E-state index contributed by atoms with van der Waals surface area (Å²) in [6.07, 6.45) is 3.86. The first kappa shape index (κ1) is 13.3. The Morgan fingerprint density at radius 1 is 1.40 bits per heavy atom. The Hall–Kier alpha value is -1.69. The Morgan fingerprint density at radius 3 is 2.90 bits per heavy atom. The third-order valence-corrected chi connectivity index (χ3v) is 4.28. The fraction of sp³-hybridized carbons (Fsp3) is 0.286. The lowest BCUT2D eigenvalue weighted by molar-refractivity contribution is 0.0732. The molecule has 20 heavy (non-hydrogen) atoms. The number of hydrogen-bond acceptors (Lipinski definition) is 2. The second-order valence-corrected chi connectivity index (χ2v) is 5.72. The van der Waals surface area contributed by atoms with Gasteiger partial charge in [0.05, 0.1) is 11.8 Å². The predicted octanol–water partition coefficient (Wildman–Crippen LogP) is 2.52. The van der Waals surface area contributed by atoms with E-state index in [4.69, 9.17) is 0 Å². The molecule has 104 valence electrons. The Labute approximate surface area is 124 Å². The summed E-state index contributed by atoms with van der Waals surface area (Å²) in [7, 11) is 1.76. The van der Waals surface area contributed by atoms with Crippen molar-refractivity contribution in [2.45, 2.75) is 13.0 Å². The molecule has 1 aromatic carbocycles. The van der Waals surface area contributed by atoms with Crippen molar-refractivity contribution in [1.29, 1.82) is 0 Å². The zero-order chi connectivity index (χ0) is 14.3. The molecule has 0 spiro atoms. The summed E-state index contributed by atoms with van der Waals surface area (Å²) in [6.45, 7) is 0.886. The Morgan fingerprint density at radius 2 is 2.20 bits per heavy atom. The minimum Gasteiger partial charge on any atom is -0.334 e. The quantitative estimate of drug-likeness (QED) is 0.801. The van der Waals surface area contributed by atoms with E-state index >= 15 is 0 Å². The fourth-order valence-electron chi connectivity index (χ4n) is 2.48. The van der Waals surface area contributed by atoms with Crippen LogP contribution in [-0.2, 0) is 20.0 Å². The van der Waals surface area contributed by atoms with Crippen LogP contribution in [0.1, 0.15) is 21.5 Å². The molecule has 0 fully saturated rings. The molecule has 0 saturated heterocycles. The number of benzene rings is 1. The van der Waals surface area contributed by atoms with Gasteiger partial charge in [-0.25, -0.2) is 4.39 Å². The molecule has 0 bridgehead atoms. The Balaban J connectivity index is 1.89. The number of fused-ring (bicyclic) bond motifs is 1. The lowest BCUT2D eigenvalue weighted by atomic mass is 9.99. The molecule has 0 radical (unpaired) electrons. The molecule has 2 aromatic rings. The van der Waals surface area contributed by atoms with Gasteiger partial charge in [-0.05, 0) is 24.1 Å². The van der Waals surface area contributed by atoms with Crippen LogP contribution in [0.5, 0.6) is 0 Å². The normalized spacial score (nSPS) is 14.2. The van der Waals surface area contributed by atoms with Crippen molar-refractivity contribution in [1.82, 2.24) is 14.7 Å². The summed E-state index contributed by atoms with van der Waals surface area (Å²) >= 11 is 3.44. The maximum absolute atomic E-state index is 13.9. The number of halogens is 2. The zero-order valence-electron chi connectivity index (χ0n) is 10.9. The highest BCUT2D eigenvalue weighted by atomic mass is 79.9. The third kappa shape index (κ3) is 2.24. The van der Waals surface area contributed by atoms with Gasteiger partial charge in [-0.1, -0.05) is 15.9 Å². The first-order valence-corrected chi connectivity index (χ1v) is 7.09. The molecule has 0 N–H and O–H groups in total. The highest BCUT2D eigenvalue weighted by molar-refractivity contribution is 9.10. The summed E-state index contributed by atoms with van der Waals surface area (Å²) < 4.78 is 16.4. The average molecular weight is 338 g/mol. The molecule has 1 aliphatic heterocycles. The van der Waals surface area contributed by atoms with Gasteiger partial charge in [-0.15, -0.1) is 0 Å². The molecule has 1 aliphatic rings. The van der Waals surface area contributed by atoms with E-state index in [1.807, 2.05) is 0 Å². The Kier molecular flexibility index (Phi) is 3.33. The van der Waals surface area contributed by atoms with Crippen LogP contribution in [0.3, 0.4) is 0 Å². The Bertz CT molecular complexity index is 683. The highest BCUT2D eigenvalue weighted by Crippen LogP contribution is 2.29. The number of aryl methyl sites for hydroxylation is 1. The summed E-state index contributed by atoms with van der Waals surface area (Å²) in [5.41, 5.74) is 2.09. The first-order valence-electron chi connectivity index (χ1n) is 6.30. The maximum atomic E-state index is 13.9. The van der Waals surface area contributed by atoms with Gasteiger partial charge in [-0.2, -0.15) is 5.10 Å². The zero-order valence-corrected chi connectivity index (χ0v) is 12.5. The molecular formula is C14H13BrFN3O. The predicted molar refractivity (Wildman–Crippen MR) is 75.8 cm³/mol. The van der Waals surface area contributed by atoms with Crippen molar-refractivity contribution < 1.29 is 9.18 Å². The molecule has 0 atom stereocenters. The van der Waals surface area contributed by atoms with Crippen LogP contribution in [0.2, 0.25) is 0 Å². The van der Waals surface area contributed by atoms with Crippen molar-refractivity contribution in [2.75, 3.05) is 6.54 Å². The van der Waals surface area contributed by atoms with Crippen LogP contribution < -0.4 is 0 Å². The third-order valence-electron chi connectivity index (χ3n) is 3.54. The van der Waals surface area contributed by atoms with E-state index in [0.29, 0.717) is 30.6 Å². The first-order chi connectivity index (χ1) is 9.56. The van der Waals surface area contributed by atoms with Gasteiger partial charge in [0.25, 0.3) is 5.91 Å². The van der Waals surface area contributed by atoms with Crippen LogP contribution >= 0.6 is 15.9 Å². The highest BCUT2D eigenvalue weighted by Gasteiger charge is 2.25. The molecule has 0 unspecified atom stereocenters. The van der Waals surface area contributed by atoms with Gasteiger partial charge in [0.15, 0.2) is 0 Å². The number of carbonyl (C=O) groups is 1. The van der Waals surface area contributed by atoms with Crippen molar-refractivity contribution >= 4 is 21.8 Å². The second kappa shape index (κ2) is 5.01. The van der Waals surface area contributed by atoms with Crippen molar-refractivity contribution in [3.63, 3.8) is 0 Å². The van der Waals surface area contributed by atoms with Crippen LogP contribution in [0.25, 0.3) is 0 Å². The van der Waals surface area contributed by atoms with Gasteiger partial charge in [-0.3, -0.25) is 9.48 Å². The summed E-state index contributed by atoms with van der Waals surface area (Å²) in [5, 5.41) is 4.00. The van der Waals surface area contributed by atoms with Crippen LogP contribution in [-0.4, -0.2) is 27.1 Å². The molecule has 3 rings (SSSR count). The van der Waals surface area contributed by atoms with E-state index < -0.39 is 0 Å². The smallest absolute Gasteiger partial charge is 0.257 e. The van der Waals surface area contributed by atoms with E-state index in [0.717, 1.165) is 10.0 Å². The monoisotopic (exact) mass is 337 g/mol.